The second-order valence-corrected chi connectivity index (χ2v) is 6.52. The average Bonchev–Trinajstić information content (AvgIpc) is 2.82. The van der Waals surface area contributed by atoms with Gasteiger partial charge in [-0.15, -0.1) is 0 Å². The molecule has 0 atom stereocenters. The predicted molar refractivity (Wildman–Crippen MR) is 84.7 cm³/mol. The molecular weight excluding hydrogens is 278 g/mol. The lowest BCUT2D eigenvalue weighted by Crippen LogP contribution is -2.40. The van der Waals surface area contributed by atoms with Gasteiger partial charge in [0.1, 0.15) is 5.69 Å². The summed E-state index contributed by atoms with van der Waals surface area (Å²) in [5.41, 5.74) is 3.19. The average molecular weight is 304 g/mol. The molecule has 1 radical (unpaired) electrons. The molecule has 2 aliphatic heterocycles. The zero-order valence-corrected chi connectivity index (χ0v) is 13.5. The van der Waals surface area contributed by atoms with Crippen molar-refractivity contribution in [1.82, 2.24) is 15.1 Å². The van der Waals surface area contributed by atoms with Crippen molar-refractivity contribution in [1.29, 1.82) is 0 Å². The Labute approximate surface area is 132 Å². The number of nitrogens with zero attached hydrogens (tertiary/aromatic N) is 2. The highest BCUT2D eigenvalue weighted by Crippen LogP contribution is 2.37. The maximum absolute atomic E-state index is 12.6. The van der Waals surface area contributed by atoms with Gasteiger partial charge in [0, 0.05) is 31.9 Å². The molecule has 22 heavy (non-hydrogen) atoms. The molecule has 0 aliphatic carbocycles. The number of carbonyl (C=O) groups excluding carboxylic acids is 1. The maximum Gasteiger partial charge on any atom is 0.269 e. The number of nitrogens with one attached hydrogen (secondary N) is 1. The molecule has 2 aliphatic rings. The van der Waals surface area contributed by atoms with Gasteiger partial charge in [0.05, 0.1) is 5.69 Å². The lowest BCUT2D eigenvalue weighted by molar-refractivity contribution is 0.0160. The Morgan fingerprint density at radius 3 is 2.86 bits per heavy atom. The second-order valence-electron chi connectivity index (χ2n) is 6.52. The number of rotatable bonds is 4. The third kappa shape index (κ3) is 2.78. The molecule has 1 fully saturated rings. The Hall–Kier alpha value is -1.36. The normalized spacial score (nSPS) is 20.5. The first-order valence-electron chi connectivity index (χ1n) is 8.43. The third-order valence-electron chi connectivity index (χ3n) is 5.04. The van der Waals surface area contributed by atoms with Gasteiger partial charge in [0.2, 0.25) is 0 Å². The number of amides is 1. The zero-order chi connectivity index (χ0) is 15.6. The second kappa shape index (κ2) is 6.41. The van der Waals surface area contributed by atoms with Crippen molar-refractivity contribution in [3.63, 3.8) is 0 Å². The number of aromatic nitrogens is 2. The van der Waals surface area contributed by atoms with Crippen LogP contribution in [0.5, 0.6) is 0 Å². The Morgan fingerprint density at radius 1 is 1.41 bits per heavy atom. The molecule has 0 aromatic carbocycles. The van der Waals surface area contributed by atoms with Crippen LogP contribution < -0.4 is 5.32 Å². The van der Waals surface area contributed by atoms with Crippen LogP contribution in [0, 0.1) is 12.3 Å². The SMILES string of the molecule is [CH2]CCCc1nn(CC)c2c1CC1(CCOCC1)CNC2=O. The third-order valence-corrected chi connectivity index (χ3v) is 5.04. The first kappa shape index (κ1) is 15.5. The molecule has 3 rings (SSSR count). The van der Waals surface area contributed by atoms with Crippen LogP contribution in [0.3, 0.4) is 0 Å². The molecule has 1 N–H and O–H groups in total. The van der Waals surface area contributed by atoms with E-state index in [9.17, 15) is 4.79 Å². The minimum atomic E-state index is 0.0357. The van der Waals surface area contributed by atoms with E-state index in [2.05, 4.69) is 12.2 Å². The molecule has 1 aromatic heterocycles. The summed E-state index contributed by atoms with van der Waals surface area (Å²) in [6.45, 7) is 9.04. The summed E-state index contributed by atoms with van der Waals surface area (Å²) in [7, 11) is 0. The first-order valence-corrected chi connectivity index (χ1v) is 8.43. The van der Waals surface area contributed by atoms with Gasteiger partial charge in [0.15, 0.2) is 0 Å². The van der Waals surface area contributed by atoms with Gasteiger partial charge in [-0.25, -0.2) is 0 Å². The zero-order valence-electron chi connectivity index (χ0n) is 13.5. The van der Waals surface area contributed by atoms with E-state index in [-0.39, 0.29) is 11.3 Å². The summed E-state index contributed by atoms with van der Waals surface area (Å²) in [4.78, 5) is 12.6. The van der Waals surface area contributed by atoms with Crippen molar-refractivity contribution < 1.29 is 9.53 Å². The highest BCUT2D eigenvalue weighted by atomic mass is 16.5. The van der Waals surface area contributed by atoms with E-state index in [4.69, 9.17) is 9.84 Å². The van der Waals surface area contributed by atoms with Crippen molar-refractivity contribution in [2.24, 2.45) is 5.41 Å². The summed E-state index contributed by atoms with van der Waals surface area (Å²) in [6.07, 6.45) is 5.80. The van der Waals surface area contributed by atoms with E-state index in [1.165, 1.54) is 5.56 Å². The van der Waals surface area contributed by atoms with Gasteiger partial charge in [-0.3, -0.25) is 9.48 Å². The largest absolute Gasteiger partial charge is 0.381 e. The fraction of sp³-hybridized carbons (Fsp3) is 0.706. The molecule has 1 aromatic rings. The van der Waals surface area contributed by atoms with E-state index < -0.39 is 0 Å². The van der Waals surface area contributed by atoms with Gasteiger partial charge in [-0.05, 0) is 44.4 Å². The van der Waals surface area contributed by atoms with Crippen molar-refractivity contribution in [2.75, 3.05) is 19.8 Å². The van der Waals surface area contributed by atoms with E-state index in [1.807, 2.05) is 11.6 Å². The number of unbranched alkanes of at least 4 members (excludes halogenated alkanes) is 1. The lowest BCUT2D eigenvalue weighted by Gasteiger charge is -2.36. The molecule has 5 heteroatoms. The molecule has 1 amide bonds. The van der Waals surface area contributed by atoms with Crippen molar-refractivity contribution >= 4 is 5.91 Å². The summed E-state index contributed by atoms with van der Waals surface area (Å²) < 4.78 is 7.41. The molecule has 121 valence electrons. The Balaban J connectivity index is 1.99. The Bertz CT molecular complexity index is 544. The Morgan fingerprint density at radius 2 is 2.18 bits per heavy atom. The fourth-order valence-electron chi connectivity index (χ4n) is 3.66. The van der Waals surface area contributed by atoms with Gasteiger partial charge in [-0.1, -0.05) is 13.3 Å². The molecule has 0 saturated carbocycles. The Kier molecular flexibility index (Phi) is 4.52. The fourth-order valence-corrected chi connectivity index (χ4v) is 3.66. The lowest BCUT2D eigenvalue weighted by atomic mass is 9.75. The maximum atomic E-state index is 12.6. The number of hydrogen-bond acceptors (Lipinski definition) is 3. The highest BCUT2D eigenvalue weighted by Gasteiger charge is 2.39. The quantitative estimate of drug-likeness (QED) is 0.927. The monoisotopic (exact) mass is 304 g/mol. The molecule has 0 bridgehead atoms. The molecule has 0 unspecified atom stereocenters. The van der Waals surface area contributed by atoms with Crippen molar-refractivity contribution in [3.8, 4) is 0 Å². The summed E-state index contributed by atoms with van der Waals surface area (Å²) >= 11 is 0. The van der Waals surface area contributed by atoms with Crippen LogP contribution in [0.4, 0.5) is 0 Å². The van der Waals surface area contributed by atoms with E-state index in [0.29, 0.717) is 0 Å². The van der Waals surface area contributed by atoms with Crippen LogP contribution in [0.25, 0.3) is 0 Å². The van der Waals surface area contributed by atoms with Crippen LogP contribution in [0.2, 0.25) is 0 Å². The minimum Gasteiger partial charge on any atom is -0.381 e. The molecular formula is C17H26N3O2. The number of aryl methyl sites for hydroxylation is 2. The van der Waals surface area contributed by atoms with E-state index in [1.54, 1.807) is 0 Å². The molecule has 5 nitrogen and oxygen atoms in total. The van der Waals surface area contributed by atoms with Gasteiger partial charge in [0.25, 0.3) is 5.91 Å². The number of carbonyl (C=O) groups is 1. The van der Waals surface area contributed by atoms with Crippen molar-refractivity contribution in [3.05, 3.63) is 23.9 Å². The van der Waals surface area contributed by atoms with Crippen LogP contribution in [-0.2, 0) is 24.1 Å². The summed E-state index contributed by atoms with van der Waals surface area (Å²) in [6, 6.07) is 0. The van der Waals surface area contributed by atoms with Gasteiger partial charge in [-0.2, -0.15) is 5.10 Å². The van der Waals surface area contributed by atoms with E-state index >= 15 is 0 Å². The topological polar surface area (TPSA) is 56.1 Å². The van der Waals surface area contributed by atoms with Crippen LogP contribution in [0.15, 0.2) is 0 Å². The molecule has 3 heterocycles. The van der Waals surface area contributed by atoms with Crippen LogP contribution in [0.1, 0.15) is 54.4 Å². The van der Waals surface area contributed by atoms with Crippen LogP contribution in [-0.4, -0.2) is 35.4 Å². The molecule has 1 saturated heterocycles. The number of ether oxygens (including phenoxy) is 1. The number of hydrogen-bond donors (Lipinski definition) is 1. The standard InChI is InChI=1S/C17H26N3O2/c1-3-5-6-14-13-11-17(7-9-22-10-8-17)12-18-16(21)15(13)20(4-2)19-14/h1,3-12H2,2H3,(H,18,21). The van der Waals surface area contributed by atoms with Gasteiger partial charge >= 0.3 is 0 Å². The number of fused-ring (bicyclic) bond motifs is 1. The predicted octanol–water partition coefficient (Wildman–Crippen LogP) is 2.14. The minimum absolute atomic E-state index is 0.0357. The first-order chi connectivity index (χ1) is 10.7. The van der Waals surface area contributed by atoms with E-state index in [0.717, 1.165) is 76.2 Å². The van der Waals surface area contributed by atoms with Gasteiger partial charge < -0.3 is 10.1 Å². The summed E-state index contributed by atoms with van der Waals surface area (Å²) in [5.74, 6) is 0.0357. The summed E-state index contributed by atoms with van der Waals surface area (Å²) in [5, 5.41) is 7.85. The van der Waals surface area contributed by atoms with Crippen molar-refractivity contribution in [2.45, 2.75) is 52.0 Å². The highest BCUT2D eigenvalue weighted by molar-refractivity contribution is 5.94. The van der Waals surface area contributed by atoms with Crippen LogP contribution >= 0.6 is 0 Å². The smallest absolute Gasteiger partial charge is 0.269 e. The molecule has 1 spiro atoms.